The minimum absolute atomic E-state index is 0.117. The Labute approximate surface area is 165 Å². The molecule has 0 saturated carbocycles. The zero-order chi connectivity index (χ0) is 19.8. The molecule has 0 aliphatic rings. The Bertz CT molecular complexity index is 935. The molecule has 3 rings (SSSR count). The Hall–Kier alpha value is -3.66. The highest BCUT2D eigenvalue weighted by molar-refractivity contribution is 6.06. The highest BCUT2D eigenvalue weighted by Crippen LogP contribution is 2.20. The fourth-order valence-corrected chi connectivity index (χ4v) is 2.84. The van der Waals surface area contributed by atoms with Crippen molar-refractivity contribution >= 4 is 17.5 Å². The second-order valence-electron chi connectivity index (χ2n) is 6.29. The van der Waals surface area contributed by atoms with Gasteiger partial charge in [-0.2, -0.15) is 0 Å². The number of rotatable bonds is 7. The van der Waals surface area contributed by atoms with Crippen molar-refractivity contribution in [3.63, 3.8) is 0 Å². The van der Waals surface area contributed by atoms with Gasteiger partial charge in [-0.3, -0.25) is 9.59 Å². The van der Waals surface area contributed by atoms with Crippen molar-refractivity contribution in [1.29, 1.82) is 0 Å². The molecular weight excluding hydrogens is 348 g/mol. The molecule has 4 nitrogen and oxygen atoms in total. The van der Waals surface area contributed by atoms with Gasteiger partial charge in [-0.25, -0.2) is 0 Å². The Morgan fingerprint density at radius 2 is 1.39 bits per heavy atom. The minimum atomic E-state index is -0.192. The second-order valence-corrected chi connectivity index (χ2v) is 6.29. The van der Waals surface area contributed by atoms with E-state index < -0.39 is 0 Å². The van der Waals surface area contributed by atoms with Gasteiger partial charge in [0.15, 0.2) is 0 Å². The summed E-state index contributed by atoms with van der Waals surface area (Å²) < 4.78 is 0. The van der Waals surface area contributed by atoms with E-state index in [0.717, 1.165) is 11.3 Å². The van der Waals surface area contributed by atoms with E-state index in [-0.39, 0.29) is 11.8 Å². The summed E-state index contributed by atoms with van der Waals surface area (Å²) in [7, 11) is 0. The molecule has 4 heteroatoms. The van der Waals surface area contributed by atoms with E-state index in [2.05, 4.69) is 11.9 Å². The maximum absolute atomic E-state index is 13.2. The van der Waals surface area contributed by atoms with Crippen molar-refractivity contribution in [2.45, 2.75) is 6.54 Å². The average molecular weight is 370 g/mol. The summed E-state index contributed by atoms with van der Waals surface area (Å²) in [5.74, 6) is -0.309. The van der Waals surface area contributed by atoms with Crippen LogP contribution in [0.3, 0.4) is 0 Å². The first-order chi connectivity index (χ1) is 13.7. The van der Waals surface area contributed by atoms with E-state index in [0.29, 0.717) is 24.2 Å². The van der Waals surface area contributed by atoms with Crippen molar-refractivity contribution < 1.29 is 9.59 Å². The number of anilines is 1. The van der Waals surface area contributed by atoms with Gasteiger partial charge in [-0.1, -0.05) is 54.6 Å². The van der Waals surface area contributed by atoms with Crippen molar-refractivity contribution in [2.75, 3.05) is 11.4 Å². The molecule has 0 bridgehead atoms. The van der Waals surface area contributed by atoms with E-state index in [1.807, 2.05) is 60.7 Å². The van der Waals surface area contributed by atoms with Crippen LogP contribution < -0.4 is 10.2 Å². The maximum atomic E-state index is 13.2. The monoisotopic (exact) mass is 370 g/mol. The van der Waals surface area contributed by atoms with E-state index in [1.54, 1.807) is 35.2 Å². The molecule has 0 aliphatic heterocycles. The molecule has 0 aliphatic carbocycles. The number of hydrogen-bond donors (Lipinski definition) is 1. The molecule has 0 radical (unpaired) electrons. The van der Waals surface area contributed by atoms with Gasteiger partial charge in [0.1, 0.15) is 0 Å². The van der Waals surface area contributed by atoms with Crippen molar-refractivity contribution in [3.05, 3.63) is 114 Å². The van der Waals surface area contributed by atoms with Crippen LogP contribution in [0.5, 0.6) is 0 Å². The van der Waals surface area contributed by atoms with Crippen LogP contribution in [0.2, 0.25) is 0 Å². The van der Waals surface area contributed by atoms with Crippen LogP contribution in [0.1, 0.15) is 26.3 Å². The molecule has 3 aromatic rings. The van der Waals surface area contributed by atoms with Crippen LogP contribution in [0.15, 0.2) is 97.6 Å². The van der Waals surface area contributed by atoms with Crippen molar-refractivity contribution in [1.82, 2.24) is 5.32 Å². The Balaban J connectivity index is 1.84. The summed E-state index contributed by atoms with van der Waals surface area (Å²) in [6.45, 7) is 4.45. The average Bonchev–Trinajstić information content (AvgIpc) is 2.77. The topological polar surface area (TPSA) is 49.4 Å². The van der Waals surface area contributed by atoms with Crippen LogP contribution >= 0.6 is 0 Å². The van der Waals surface area contributed by atoms with Gasteiger partial charge in [0.25, 0.3) is 11.8 Å². The molecule has 1 N–H and O–H groups in total. The van der Waals surface area contributed by atoms with Crippen molar-refractivity contribution in [2.24, 2.45) is 0 Å². The maximum Gasteiger partial charge on any atom is 0.258 e. The first-order valence-corrected chi connectivity index (χ1v) is 9.09. The van der Waals surface area contributed by atoms with Gasteiger partial charge in [0, 0.05) is 23.4 Å². The van der Waals surface area contributed by atoms with Gasteiger partial charge in [0.05, 0.1) is 6.54 Å². The van der Waals surface area contributed by atoms with Gasteiger partial charge >= 0.3 is 0 Å². The van der Waals surface area contributed by atoms with Crippen LogP contribution in [0.25, 0.3) is 0 Å². The summed E-state index contributed by atoms with van der Waals surface area (Å²) in [6, 6.07) is 26.1. The Morgan fingerprint density at radius 1 is 0.821 bits per heavy atom. The predicted molar refractivity (Wildman–Crippen MR) is 112 cm³/mol. The van der Waals surface area contributed by atoms with Crippen LogP contribution in [-0.4, -0.2) is 18.4 Å². The fraction of sp³-hybridized carbons (Fsp3) is 0.0833. The third-order valence-electron chi connectivity index (χ3n) is 4.30. The summed E-state index contributed by atoms with van der Waals surface area (Å²) in [5.41, 5.74) is 2.90. The van der Waals surface area contributed by atoms with Crippen molar-refractivity contribution in [3.8, 4) is 0 Å². The number of nitrogens with one attached hydrogen (secondary N) is 1. The number of carbonyl (C=O) groups excluding carboxylic acids is 2. The molecule has 0 fully saturated rings. The standard InChI is InChI=1S/C24H22N2O2/c1-2-17-25-23(27)20-13-15-21(16-14-20)24(28)26(22-11-7-4-8-12-22)18-19-9-5-3-6-10-19/h2-16H,1,17-18H2,(H,25,27). The first kappa shape index (κ1) is 19.1. The third kappa shape index (κ3) is 4.74. The number of amides is 2. The molecule has 0 saturated heterocycles. The highest BCUT2D eigenvalue weighted by Gasteiger charge is 2.18. The molecule has 0 heterocycles. The lowest BCUT2D eigenvalue weighted by atomic mass is 10.1. The van der Waals surface area contributed by atoms with Crippen LogP contribution in [0, 0.1) is 0 Å². The number of para-hydroxylation sites is 1. The highest BCUT2D eigenvalue weighted by atomic mass is 16.2. The number of hydrogen-bond acceptors (Lipinski definition) is 2. The van der Waals surface area contributed by atoms with Gasteiger partial charge in [0.2, 0.25) is 0 Å². The molecule has 0 unspecified atom stereocenters. The molecular formula is C24H22N2O2. The van der Waals surface area contributed by atoms with Gasteiger partial charge < -0.3 is 10.2 Å². The predicted octanol–water partition coefficient (Wildman–Crippen LogP) is 4.45. The van der Waals surface area contributed by atoms with E-state index in [9.17, 15) is 9.59 Å². The lowest BCUT2D eigenvalue weighted by molar-refractivity contribution is 0.0953. The summed E-state index contributed by atoms with van der Waals surface area (Å²) in [5, 5.41) is 2.73. The summed E-state index contributed by atoms with van der Waals surface area (Å²) in [4.78, 5) is 27.0. The Morgan fingerprint density at radius 3 is 2.00 bits per heavy atom. The zero-order valence-electron chi connectivity index (χ0n) is 15.5. The lowest BCUT2D eigenvalue weighted by Crippen LogP contribution is -2.30. The first-order valence-electron chi connectivity index (χ1n) is 9.09. The number of carbonyl (C=O) groups is 2. The summed E-state index contributed by atoms with van der Waals surface area (Å²) >= 11 is 0. The molecule has 28 heavy (non-hydrogen) atoms. The van der Waals surface area contributed by atoms with Crippen LogP contribution in [-0.2, 0) is 6.54 Å². The third-order valence-corrected chi connectivity index (χ3v) is 4.30. The molecule has 0 aromatic heterocycles. The molecule has 0 atom stereocenters. The fourth-order valence-electron chi connectivity index (χ4n) is 2.84. The molecule has 0 spiro atoms. The molecule has 2 amide bonds. The zero-order valence-corrected chi connectivity index (χ0v) is 15.5. The largest absolute Gasteiger partial charge is 0.349 e. The van der Waals surface area contributed by atoms with E-state index >= 15 is 0 Å². The van der Waals surface area contributed by atoms with Crippen LogP contribution in [0.4, 0.5) is 5.69 Å². The lowest BCUT2D eigenvalue weighted by Gasteiger charge is -2.23. The second kappa shape index (κ2) is 9.33. The van der Waals surface area contributed by atoms with E-state index in [1.165, 1.54) is 0 Å². The number of benzene rings is 3. The normalized spacial score (nSPS) is 10.1. The minimum Gasteiger partial charge on any atom is -0.349 e. The SMILES string of the molecule is C=CCNC(=O)c1ccc(C(=O)N(Cc2ccccc2)c2ccccc2)cc1. The smallest absolute Gasteiger partial charge is 0.258 e. The molecule has 140 valence electrons. The number of nitrogens with zero attached hydrogens (tertiary/aromatic N) is 1. The molecule has 3 aromatic carbocycles. The Kier molecular flexibility index (Phi) is 6.37. The van der Waals surface area contributed by atoms with E-state index in [4.69, 9.17) is 0 Å². The quantitative estimate of drug-likeness (QED) is 0.625. The van der Waals surface area contributed by atoms with Gasteiger partial charge in [-0.15, -0.1) is 6.58 Å². The van der Waals surface area contributed by atoms with Gasteiger partial charge in [-0.05, 0) is 42.0 Å². The summed E-state index contributed by atoms with van der Waals surface area (Å²) in [6.07, 6.45) is 1.62.